The smallest absolute Gasteiger partial charge is 0.0167 e. The van der Waals surface area contributed by atoms with Gasteiger partial charge in [-0.2, -0.15) is 0 Å². The number of halogens is 1. The van der Waals surface area contributed by atoms with Crippen molar-refractivity contribution < 1.29 is 0 Å². The van der Waals surface area contributed by atoms with E-state index in [4.69, 9.17) is 0 Å². The molecule has 0 amide bonds. The highest BCUT2D eigenvalue weighted by Crippen LogP contribution is 1.90. The van der Waals surface area contributed by atoms with Gasteiger partial charge in [0.2, 0.25) is 0 Å². The zero-order valence-electron chi connectivity index (χ0n) is 6.95. The molecule has 0 aliphatic carbocycles. The monoisotopic (exact) mass is 256 g/mol. The Morgan fingerprint density at radius 2 is 1.50 bits per heavy atom. The Labute approximate surface area is 77.3 Å². The molecule has 2 nitrogen and oxygen atoms in total. The van der Waals surface area contributed by atoms with Crippen LogP contribution in [0.2, 0.25) is 0 Å². The van der Waals surface area contributed by atoms with Crippen LogP contribution >= 0.6 is 22.6 Å². The van der Waals surface area contributed by atoms with Gasteiger partial charge in [0.05, 0.1) is 0 Å². The zero-order chi connectivity index (χ0) is 7.98. The number of piperazine rings is 1. The maximum Gasteiger partial charge on any atom is 0.0167 e. The van der Waals surface area contributed by atoms with Gasteiger partial charge < -0.3 is 10.6 Å². The Bertz CT molecular complexity index is 70.0. The van der Waals surface area contributed by atoms with Crippen LogP contribution in [0.25, 0.3) is 0 Å². The summed E-state index contributed by atoms with van der Waals surface area (Å²) in [5.41, 5.74) is 0. The van der Waals surface area contributed by atoms with Crippen molar-refractivity contribution in [2.75, 3.05) is 18.0 Å². The average Bonchev–Trinajstić information content (AvgIpc) is 1.91. The summed E-state index contributed by atoms with van der Waals surface area (Å²) in [7, 11) is 0. The molecule has 0 aromatic rings. The highest BCUT2D eigenvalue weighted by atomic mass is 127. The number of hydrogen-bond acceptors (Lipinski definition) is 2. The van der Waals surface area contributed by atoms with E-state index in [9.17, 15) is 0 Å². The van der Waals surface area contributed by atoms with E-state index in [1.54, 1.807) is 0 Å². The maximum atomic E-state index is 3.42. The van der Waals surface area contributed by atoms with Crippen LogP contribution in [-0.4, -0.2) is 30.1 Å². The van der Waals surface area contributed by atoms with Crippen molar-refractivity contribution in [3.63, 3.8) is 0 Å². The third-order valence-electron chi connectivity index (χ3n) is 1.47. The van der Waals surface area contributed by atoms with Gasteiger partial charge in [-0.25, -0.2) is 0 Å². The first-order valence-electron chi connectivity index (χ1n) is 3.63. The molecule has 1 heterocycles. The van der Waals surface area contributed by atoms with Crippen molar-refractivity contribution in [2.24, 2.45) is 0 Å². The number of rotatable bonds is 0. The lowest BCUT2D eigenvalue weighted by atomic mass is 10.2. The van der Waals surface area contributed by atoms with Crippen molar-refractivity contribution >= 4 is 22.6 Å². The second kappa shape index (κ2) is 6.37. The molecule has 1 saturated heterocycles. The van der Waals surface area contributed by atoms with E-state index in [2.05, 4.69) is 47.1 Å². The molecule has 0 saturated carbocycles. The van der Waals surface area contributed by atoms with Crippen LogP contribution < -0.4 is 10.6 Å². The standard InChI is InChI=1S/C6H14N2.CH3I/c1-5-3-7-4-6(2)8-5;1-2/h5-8H,3-4H2,1-2H3;1H3/t5-,6?;/m0./s1. The fourth-order valence-electron chi connectivity index (χ4n) is 1.12. The zero-order valence-corrected chi connectivity index (χ0v) is 9.10. The van der Waals surface area contributed by atoms with Gasteiger partial charge in [0.25, 0.3) is 0 Å². The average molecular weight is 256 g/mol. The largest absolute Gasteiger partial charge is 0.314 e. The fraction of sp³-hybridized carbons (Fsp3) is 1.00. The molecular formula is C7H17IN2. The summed E-state index contributed by atoms with van der Waals surface area (Å²) in [6.45, 7) is 6.62. The minimum Gasteiger partial charge on any atom is -0.314 e. The van der Waals surface area contributed by atoms with Gasteiger partial charge in [0.1, 0.15) is 0 Å². The second-order valence-corrected chi connectivity index (χ2v) is 2.63. The summed E-state index contributed by atoms with van der Waals surface area (Å²) in [4.78, 5) is 1.97. The van der Waals surface area contributed by atoms with Gasteiger partial charge in [-0.1, -0.05) is 22.6 Å². The Kier molecular flexibility index (Phi) is 6.78. The first-order valence-corrected chi connectivity index (χ1v) is 5.79. The van der Waals surface area contributed by atoms with Gasteiger partial charge >= 0.3 is 0 Å². The fourth-order valence-corrected chi connectivity index (χ4v) is 1.12. The molecule has 3 heteroatoms. The van der Waals surface area contributed by atoms with Crippen LogP contribution in [0.1, 0.15) is 13.8 Å². The van der Waals surface area contributed by atoms with Gasteiger partial charge in [-0.3, -0.25) is 0 Å². The molecule has 62 valence electrons. The lowest BCUT2D eigenvalue weighted by Gasteiger charge is -2.26. The number of hydrogen-bond donors (Lipinski definition) is 2. The van der Waals surface area contributed by atoms with E-state index in [0.717, 1.165) is 13.1 Å². The topological polar surface area (TPSA) is 24.1 Å². The minimum atomic E-state index is 0.652. The van der Waals surface area contributed by atoms with E-state index >= 15 is 0 Å². The van der Waals surface area contributed by atoms with Gasteiger partial charge in [-0.15, -0.1) is 0 Å². The molecule has 0 aromatic heterocycles. The quantitative estimate of drug-likeness (QED) is 0.499. The van der Waals surface area contributed by atoms with Crippen molar-refractivity contribution in [1.82, 2.24) is 10.6 Å². The highest BCUT2D eigenvalue weighted by Gasteiger charge is 2.11. The normalized spacial score (nSPS) is 32.4. The minimum absolute atomic E-state index is 0.652. The van der Waals surface area contributed by atoms with E-state index in [1.165, 1.54) is 0 Å². The lowest BCUT2D eigenvalue weighted by molar-refractivity contribution is 0.370. The van der Waals surface area contributed by atoms with Crippen molar-refractivity contribution in [3.8, 4) is 0 Å². The van der Waals surface area contributed by atoms with Crippen LogP contribution in [0.3, 0.4) is 0 Å². The van der Waals surface area contributed by atoms with Crippen molar-refractivity contribution in [1.29, 1.82) is 0 Å². The maximum absolute atomic E-state index is 3.42. The summed E-state index contributed by atoms with van der Waals surface area (Å²) in [6, 6.07) is 1.30. The van der Waals surface area contributed by atoms with Gasteiger partial charge in [-0.05, 0) is 18.8 Å². The Hall–Kier alpha value is 0.650. The first-order chi connectivity index (χ1) is 4.79. The van der Waals surface area contributed by atoms with Gasteiger partial charge in [0.15, 0.2) is 0 Å². The third-order valence-corrected chi connectivity index (χ3v) is 1.47. The predicted molar refractivity (Wildman–Crippen MR) is 54.9 cm³/mol. The van der Waals surface area contributed by atoms with Crippen LogP contribution in [0.15, 0.2) is 0 Å². The van der Waals surface area contributed by atoms with Gasteiger partial charge in [0, 0.05) is 25.2 Å². The second-order valence-electron chi connectivity index (χ2n) is 2.63. The predicted octanol–water partition coefficient (Wildman–Crippen LogP) is 1.01. The Balaban J connectivity index is 0.000000371. The molecule has 2 atom stereocenters. The molecule has 1 aliphatic heterocycles. The SMILES string of the molecule is CC1CNC[C@H](C)N1.CI. The highest BCUT2D eigenvalue weighted by molar-refractivity contribution is 14.1. The molecule has 0 spiro atoms. The summed E-state index contributed by atoms with van der Waals surface area (Å²) < 4.78 is 0. The Morgan fingerprint density at radius 3 is 1.70 bits per heavy atom. The van der Waals surface area contributed by atoms with E-state index in [1.807, 2.05) is 4.93 Å². The number of nitrogens with one attached hydrogen (secondary N) is 2. The van der Waals surface area contributed by atoms with Crippen LogP contribution in [0.4, 0.5) is 0 Å². The molecule has 0 bridgehead atoms. The first kappa shape index (κ1) is 10.7. The summed E-state index contributed by atoms with van der Waals surface area (Å²) >= 11 is 2.15. The summed E-state index contributed by atoms with van der Waals surface area (Å²) in [6.07, 6.45) is 0. The van der Waals surface area contributed by atoms with Crippen LogP contribution in [0, 0.1) is 0 Å². The molecule has 0 aromatic carbocycles. The lowest BCUT2D eigenvalue weighted by Crippen LogP contribution is -2.52. The third kappa shape index (κ3) is 4.46. The molecule has 1 fully saturated rings. The molecule has 1 aliphatic rings. The van der Waals surface area contributed by atoms with E-state index in [0.29, 0.717) is 12.1 Å². The molecule has 10 heavy (non-hydrogen) atoms. The summed E-state index contributed by atoms with van der Waals surface area (Å²) in [5, 5.41) is 6.74. The van der Waals surface area contributed by atoms with Crippen molar-refractivity contribution in [2.45, 2.75) is 25.9 Å². The molecule has 1 rings (SSSR count). The van der Waals surface area contributed by atoms with E-state index < -0.39 is 0 Å². The van der Waals surface area contributed by atoms with Crippen molar-refractivity contribution in [3.05, 3.63) is 0 Å². The molecular weight excluding hydrogens is 239 g/mol. The molecule has 0 radical (unpaired) electrons. The summed E-state index contributed by atoms with van der Waals surface area (Å²) in [5.74, 6) is 0. The van der Waals surface area contributed by atoms with Crippen LogP contribution in [-0.2, 0) is 0 Å². The van der Waals surface area contributed by atoms with Crippen LogP contribution in [0.5, 0.6) is 0 Å². The molecule has 1 unspecified atom stereocenters. The molecule has 2 N–H and O–H groups in total. The number of alkyl halides is 1. The Morgan fingerprint density at radius 1 is 1.10 bits per heavy atom. The van der Waals surface area contributed by atoms with E-state index in [-0.39, 0.29) is 0 Å².